The molecule has 1 saturated heterocycles. The maximum absolute atomic E-state index is 12.5. The first-order valence-electron chi connectivity index (χ1n) is 8.61. The van der Waals surface area contributed by atoms with E-state index < -0.39 is 0 Å². The van der Waals surface area contributed by atoms with Crippen LogP contribution in [0.4, 0.5) is 10.5 Å². The molecule has 1 N–H and O–H groups in total. The number of methoxy groups -OCH3 is 1. The van der Waals surface area contributed by atoms with Crippen molar-refractivity contribution in [3.8, 4) is 0 Å². The van der Waals surface area contributed by atoms with Crippen molar-refractivity contribution in [2.45, 2.75) is 31.8 Å². The second-order valence-corrected chi connectivity index (χ2v) is 6.49. The second kappa shape index (κ2) is 7.65. The Morgan fingerprint density at radius 1 is 1.36 bits per heavy atom. The van der Waals surface area contributed by atoms with Crippen LogP contribution in [0.5, 0.6) is 0 Å². The minimum atomic E-state index is -0.0568. The summed E-state index contributed by atoms with van der Waals surface area (Å²) < 4.78 is 7.29. The second-order valence-electron chi connectivity index (χ2n) is 6.49. The van der Waals surface area contributed by atoms with Gasteiger partial charge in [0.15, 0.2) is 0 Å². The van der Waals surface area contributed by atoms with Crippen LogP contribution in [0.25, 0.3) is 0 Å². The van der Waals surface area contributed by atoms with Gasteiger partial charge in [-0.05, 0) is 37.5 Å². The predicted molar refractivity (Wildman–Crippen MR) is 95.4 cm³/mol. The third-order valence-electron chi connectivity index (χ3n) is 4.85. The van der Waals surface area contributed by atoms with Crippen molar-refractivity contribution in [3.63, 3.8) is 0 Å². The summed E-state index contributed by atoms with van der Waals surface area (Å²) in [6, 6.07) is 7.73. The Bertz CT molecular complexity index is 722. The largest absolute Gasteiger partial charge is 0.377 e. The molecule has 1 fully saturated rings. The maximum Gasteiger partial charge on any atom is 0.321 e. The van der Waals surface area contributed by atoms with E-state index in [2.05, 4.69) is 15.5 Å². The quantitative estimate of drug-likeness (QED) is 0.926. The number of piperidine rings is 1. The van der Waals surface area contributed by atoms with E-state index in [4.69, 9.17) is 4.74 Å². The van der Waals surface area contributed by atoms with E-state index in [0.29, 0.717) is 5.92 Å². The molecule has 2 amide bonds. The molecule has 7 nitrogen and oxygen atoms in total. The summed E-state index contributed by atoms with van der Waals surface area (Å²) in [6.45, 7) is 3.42. The van der Waals surface area contributed by atoms with Gasteiger partial charge in [-0.2, -0.15) is 0 Å². The molecule has 2 heterocycles. The van der Waals surface area contributed by atoms with E-state index in [1.54, 1.807) is 13.4 Å². The van der Waals surface area contributed by atoms with Gasteiger partial charge in [0, 0.05) is 38.9 Å². The van der Waals surface area contributed by atoms with Crippen LogP contribution in [0, 0.1) is 0 Å². The Labute approximate surface area is 148 Å². The first-order valence-corrected chi connectivity index (χ1v) is 8.61. The lowest BCUT2D eigenvalue weighted by Gasteiger charge is -2.31. The van der Waals surface area contributed by atoms with Crippen LogP contribution in [0.15, 0.2) is 30.6 Å². The number of benzene rings is 1. The minimum Gasteiger partial charge on any atom is -0.377 e. The van der Waals surface area contributed by atoms with Gasteiger partial charge in [0.1, 0.15) is 12.2 Å². The topological polar surface area (TPSA) is 72.3 Å². The molecule has 0 bridgehead atoms. The van der Waals surface area contributed by atoms with Crippen molar-refractivity contribution in [1.29, 1.82) is 0 Å². The number of amides is 2. The first kappa shape index (κ1) is 17.4. The van der Waals surface area contributed by atoms with Crippen molar-refractivity contribution >= 4 is 11.7 Å². The summed E-state index contributed by atoms with van der Waals surface area (Å²) in [6.07, 6.45) is 3.53. The summed E-state index contributed by atoms with van der Waals surface area (Å²) in [7, 11) is 3.64. The zero-order valence-electron chi connectivity index (χ0n) is 15.0. The Morgan fingerprint density at radius 2 is 2.12 bits per heavy atom. The molecule has 134 valence electrons. The molecule has 1 atom stereocenters. The van der Waals surface area contributed by atoms with Gasteiger partial charge in [-0.25, -0.2) is 4.79 Å². The monoisotopic (exact) mass is 343 g/mol. The highest BCUT2D eigenvalue weighted by Crippen LogP contribution is 2.26. The van der Waals surface area contributed by atoms with Crippen LogP contribution in [0.3, 0.4) is 0 Å². The van der Waals surface area contributed by atoms with Crippen LogP contribution in [0.1, 0.15) is 43.2 Å². The number of hydrogen-bond donors (Lipinski definition) is 1. The average molecular weight is 343 g/mol. The third-order valence-corrected chi connectivity index (χ3v) is 4.85. The Balaban J connectivity index is 1.57. The van der Waals surface area contributed by atoms with Crippen molar-refractivity contribution < 1.29 is 9.53 Å². The Kier molecular flexibility index (Phi) is 5.33. The summed E-state index contributed by atoms with van der Waals surface area (Å²) in [5.41, 5.74) is 1.84. The van der Waals surface area contributed by atoms with Crippen LogP contribution in [-0.4, -0.2) is 45.9 Å². The van der Waals surface area contributed by atoms with Crippen LogP contribution in [-0.2, 0) is 11.8 Å². The van der Waals surface area contributed by atoms with Gasteiger partial charge in [-0.1, -0.05) is 12.1 Å². The number of urea groups is 1. The fourth-order valence-electron chi connectivity index (χ4n) is 3.21. The number of hydrogen-bond acceptors (Lipinski definition) is 4. The Morgan fingerprint density at radius 3 is 2.76 bits per heavy atom. The van der Waals surface area contributed by atoms with E-state index in [-0.39, 0.29) is 12.1 Å². The van der Waals surface area contributed by atoms with E-state index in [1.165, 1.54) is 0 Å². The van der Waals surface area contributed by atoms with E-state index in [1.807, 2.05) is 47.7 Å². The number of aryl methyl sites for hydroxylation is 1. The highest BCUT2D eigenvalue weighted by Gasteiger charge is 2.26. The molecule has 0 unspecified atom stereocenters. The number of nitrogens with one attached hydrogen (secondary N) is 1. The van der Waals surface area contributed by atoms with Crippen molar-refractivity contribution in [1.82, 2.24) is 19.7 Å². The fourth-order valence-corrected chi connectivity index (χ4v) is 3.21. The number of ether oxygens (including phenoxy) is 1. The number of likely N-dealkylation sites (tertiary alicyclic amines) is 1. The van der Waals surface area contributed by atoms with Gasteiger partial charge in [0.2, 0.25) is 0 Å². The predicted octanol–water partition coefficient (Wildman–Crippen LogP) is 2.93. The standard InChI is InChI=1S/C18H25N5O2/c1-13(25-3)15-5-4-6-16(11-15)20-18(24)23-9-7-14(8-10-23)17-21-19-12-22(17)2/h4-6,11-14H,7-10H2,1-3H3,(H,20,24)/t13-/m1/s1. The van der Waals surface area contributed by atoms with Crippen molar-refractivity contribution in [2.75, 3.05) is 25.5 Å². The molecule has 0 radical (unpaired) electrons. The number of anilines is 1. The van der Waals surface area contributed by atoms with E-state index in [9.17, 15) is 4.79 Å². The number of carbonyl (C=O) groups is 1. The van der Waals surface area contributed by atoms with Crippen LogP contribution >= 0.6 is 0 Å². The van der Waals surface area contributed by atoms with Gasteiger partial charge in [-0.15, -0.1) is 10.2 Å². The molecule has 2 aromatic rings. The number of rotatable bonds is 4. The molecular formula is C18H25N5O2. The highest BCUT2D eigenvalue weighted by atomic mass is 16.5. The number of carbonyl (C=O) groups excluding carboxylic acids is 1. The van der Waals surface area contributed by atoms with Gasteiger partial charge in [0.25, 0.3) is 0 Å². The molecule has 25 heavy (non-hydrogen) atoms. The zero-order valence-corrected chi connectivity index (χ0v) is 15.0. The van der Waals surface area contributed by atoms with Crippen molar-refractivity contribution in [3.05, 3.63) is 42.0 Å². The van der Waals surface area contributed by atoms with Crippen LogP contribution in [0.2, 0.25) is 0 Å². The summed E-state index contributed by atoms with van der Waals surface area (Å²) in [4.78, 5) is 14.4. The molecule has 7 heteroatoms. The zero-order chi connectivity index (χ0) is 17.8. The van der Waals surface area contributed by atoms with Gasteiger partial charge in [-0.3, -0.25) is 0 Å². The van der Waals surface area contributed by atoms with Crippen LogP contribution < -0.4 is 5.32 Å². The third kappa shape index (κ3) is 3.99. The molecule has 0 saturated carbocycles. The molecule has 0 spiro atoms. The molecule has 1 aliphatic heterocycles. The smallest absolute Gasteiger partial charge is 0.321 e. The van der Waals surface area contributed by atoms with Gasteiger partial charge < -0.3 is 19.5 Å². The highest BCUT2D eigenvalue weighted by molar-refractivity contribution is 5.89. The molecule has 0 aliphatic carbocycles. The van der Waals surface area contributed by atoms with Gasteiger partial charge in [0.05, 0.1) is 6.10 Å². The first-order chi connectivity index (χ1) is 12.1. The Hall–Kier alpha value is -2.41. The molecule has 3 rings (SSSR count). The van der Waals surface area contributed by atoms with Crippen molar-refractivity contribution in [2.24, 2.45) is 7.05 Å². The lowest BCUT2D eigenvalue weighted by atomic mass is 9.96. The minimum absolute atomic E-state index is 0.000933. The fraction of sp³-hybridized carbons (Fsp3) is 0.500. The SMILES string of the molecule is CO[C@H](C)c1cccc(NC(=O)N2CCC(c3nncn3C)CC2)c1. The van der Waals surface area contributed by atoms with Gasteiger partial charge >= 0.3 is 6.03 Å². The lowest BCUT2D eigenvalue weighted by Crippen LogP contribution is -2.40. The molecule has 1 aromatic heterocycles. The summed E-state index contributed by atoms with van der Waals surface area (Å²) >= 11 is 0. The number of aromatic nitrogens is 3. The summed E-state index contributed by atoms with van der Waals surface area (Å²) in [5.74, 6) is 1.36. The molecular weight excluding hydrogens is 318 g/mol. The van der Waals surface area contributed by atoms with E-state index in [0.717, 1.165) is 43.0 Å². The molecule has 1 aliphatic rings. The average Bonchev–Trinajstić information content (AvgIpc) is 3.07. The maximum atomic E-state index is 12.5. The van der Waals surface area contributed by atoms with E-state index >= 15 is 0 Å². The number of nitrogens with zero attached hydrogens (tertiary/aromatic N) is 4. The molecule has 1 aromatic carbocycles. The summed E-state index contributed by atoms with van der Waals surface area (Å²) in [5, 5.41) is 11.1. The normalized spacial score (nSPS) is 16.7. The lowest BCUT2D eigenvalue weighted by molar-refractivity contribution is 0.119.